The number of nitrogens with zero attached hydrogens (tertiary/aromatic N) is 4. The van der Waals surface area contributed by atoms with Gasteiger partial charge < -0.3 is 4.90 Å². The Morgan fingerprint density at radius 3 is 2.32 bits per heavy atom. The van der Waals surface area contributed by atoms with Gasteiger partial charge in [0.2, 0.25) is 15.9 Å². The molecule has 178 valence electrons. The molecule has 0 bridgehead atoms. The molecular weight excluding hydrogens is 452 g/mol. The number of hydrogen-bond donors (Lipinski definition) is 0. The monoisotopic (exact) mass is 480 g/mol. The number of aryl methyl sites for hydroxylation is 1. The minimum absolute atomic E-state index is 0.0336. The number of aromatic nitrogens is 2. The fraction of sp³-hybridized carbons (Fsp3) is 0.400. The molecule has 34 heavy (non-hydrogen) atoms. The van der Waals surface area contributed by atoms with E-state index in [1.807, 2.05) is 36.4 Å². The summed E-state index contributed by atoms with van der Waals surface area (Å²) in [6.07, 6.45) is 2.55. The highest BCUT2D eigenvalue weighted by Crippen LogP contribution is 2.35. The maximum atomic E-state index is 13.0. The summed E-state index contributed by atoms with van der Waals surface area (Å²) >= 11 is 0. The number of amides is 1. The van der Waals surface area contributed by atoms with Gasteiger partial charge in [-0.3, -0.25) is 14.2 Å². The molecule has 2 heterocycles. The number of para-hydroxylation sites is 1. The second-order valence-corrected chi connectivity index (χ2v) is 10.9. The SMILES string of the molecule is O=C(CCc1nc2ccccc2c(=O)n1C1CC1)N1CCN(S(=O)(=O)Cc2ccccc2)CC1. The molecule has 5 rings (SSSR count). The normalized spacial score (nSPS) is 17.2. The quantitative estimate of drug-likeness (QED) is 0.518. The summed E-state index contributed by atoms with van der Waals surface area (Å²) in [5.41, 5.74) is 1.38. The molecule has 1 aliphatic heterocycles. The van der Waals surface area contributed by atoms with Gasteiger partial charge in [0.05, 0.1) is 16.7 Å². The summed E-state index contributed by atoms with van der Waals surface area (Å²) in [6, 6.07) is 16.6. The van der Waals surface area contributed by atoms with E-state index < -0.39 is 10.0 Å². The first-order valence-corrected chi connectivity index (χ1v) is 13.3. The lowest BCUT2D eigenvalue weighted by molar-refractivity contribution is -0.132. The van der Waals surface area contributed by atoms with E-state index in [1.54, 1.807) is 27.7 Å². The van der Waals surface area contributed by atoms with Gasteiger partial charge in [0, 0.05) is 45.1 Å². The van der Waals surface area contributed by atoms with Crippen LogP contribution >= 0.6 is 0 Å². The number of sulfonamides is 1. The molecule has 2 fully saturated rings. The van der Waals surface area contributed by atoms with Gasteiger partial charge in [0.1, 0.15) is 5.82 Å². The lowest BCUT2D eigenvalue weighted by atomic mass is 10.2. The minimum Gasteiger partial charge on any atom is -0.340 e. The zero-order valence-corrected chi connectivity index (χ0v) is 19.8. The zero-order chi connectivity index (χ0) is 23.7. The lowest BCUT2D eigenvalue weighted by Crippen LogP contribution is -2.50. The first-order chi connectivity index (χ1) is 16.4. The molecule has 8 nitrogen and oxygen atoms in total. The van der Waals surface area contributed by atoms with Gasteiger partial charge >= 0.3 is 0 Å². The molecule has 2 aliphatic rings. The van der Waals surface area contributed by atoms with Crippen LogP contribution in [0.4, 0.5) is 0 Å². The average Bonchev–Trinajstić information content (AvgIpc) is 3.68. The molecule has 2 aromatic carbocycles. The number of hydrogen-bond acceptors (Lipinski definition) is 5. The van der Waals surface area contributed by atoms with Gasteiger partial charge in [-0.25, -0.2) is 13.4 Å². The Morgan fingerprint density at radius 1 is 0.941 bits per heavy atom. The van der Waals surface area contributed by atoms with Crippen LogP contribution in [-0.2, 0) is 27.0 Å². The summed E-state index contributed by atoms with van der Waals surface area (Å²) < 4.78 is 28.8. The van der Waals surface area contributed by atoms with Gasteiger partial charge in [-0.1, -0.05) is 42.5 Å². The Hall–Kier alpha value is -3.04. The first-order valence-electron chi connectivity index (χ1n) is 11.7. The van der Waals surface area contributed by atoms with Crippen LogP contribution in [0.1, 0.15) is 36.7 Å². The van der Waals surface area contributed by atoms with Gasteiger partial charge in [-0.05, 0) is 30.5 Å². The molecule has 1 saturated carbocycles. The molecule has 1 amide bonds. The Morgan fingerprint density at radius 2 is 1.62 bits per heavy atom. The maximum Gasteiger partial charge on any atom is 0.261 e. The predicted molar refractivity (Wildman–Crippen MR) is 130 cm³/mol. The van der Waals surface area contributed by atoms with Crippen molar-refractivity contribution >= 4 is 26.8 Å². The van der Waals surface area contributed by atoms with Crippen LogP contribution in [0.25, 0.3) is 10.9 Å². The van der Waals surface area contributed by atoms with Crippen LogP contribution in [0.2, 0.25) is 0 Å². The number of carbonyl (C=O) groups is 1. The highest BCUT2D eigenvalue weighted by molar-refractivity contribution is 7.88. The van der Waals surface area contributed by atoms with Crippen molar-refractivity contribution in [1.29, 1.82) is 0 Å². The van der Waals surface area contributed by atoms with Crippen molar-refractivity contribution in [3.05, 3.63) is 76.3 Å². The van der Waals surface area contributed by atoms with Crippen molar-refractivity contribution < 1.29 is 13.2 Å². The van der Waals surface area contributed by atoms with Crippen LogP contribution in [0.5, 0.6) is 0 Å². The third-order valence-electron chi connectivity index (χ3n) is 6.53. The predicted octanol–water partition coefficient (Wildman–Crippen LogP) is 2.34. The van der Waals surface area contributed by atoms with Crippen LogP contribution in [0.15, 0.2) is 59.4 Å². The van der Waals surface area contributed by atoms with E-state index in [1.165, 1.54) is 4.31 Å². The summed E-state index contributed by atoms with van der Waals surface area (Å²) in [7, 11) is -3.43. The van der Waals surface area contributed by atoms with Crippen molar-refractivity contribution in [2.45, 2.75) is 37.5 Å². The Bertz CT molecular complexity index is 1360. The number of rotatable bonds is 7. The summed E-state index contributed by atoms with van der Waals surface area (Å²) in [5.74, 6) is 0.585. The summed E-state index contributed by atoms with van der Waals surface area (Å²) in [4.78, 5) is 32.3. The molecule has 0 unspecified atom stereocenters. The van der Waals surface area contributed by atoms with Crippen molar-refractivity contribution in [1.82, 2.24) is 18.8 Å². The maximum absolute atomic E-state index is 13.0. The van der Waals surface area contributed by atoms with E-state index in [0.29, 0.717) is 49.3 Å². The standard InChI is InChI=1S/C25H28N4O4S/c30-24(27-14-16-28(17-15-27)34(32,33)18-19-6-2-1-3-7-19)13-12-23-26-22-9-5-4-8-21(22)25(31)29(23)20-10-11-20/h1-9,20H,10-18H2. The fourth-order valence-electron chi connectivity index (χ4n) is 4.55. The molecule has 9 heteroatoms. The van der Waals surface area contributed by atoms with Gasteiger partial charge in [0.25, 0.3) is 5.56 Å². The molecular formula is C25H28N4O4S. The van der Waals surface area contributed by atoms with E-state index in [4.69, 9.17) is 4.98 Å². The molecule has 0 radical (unpaired) electrons. The Labute approximate surface area is 198 Å². The van der Waals surface area contributed by atoms with E-state index in [9.17, 15) is 18.0 Å². The van der Waals surface area contributed by atoms with E-state index in [2.05, 4.69) is 0 Å². The van der Waals surface area contributed by atoms with Crippen molar-refractivity contribution in [2.75, 3.05) is 26.2 Å². The molecule has 3 aromatic rings. The van der Waals surface area contributed by atoms with Crippen molar-refractivity contribution in [3.63, 3.8) is 0 Å². The van der Waals surface area contributed by atoms with Crippen LogP contribution in [-0.4, -0.2) is 59.3 Å². The van der Waals surface area contributed by atoms with E-state index in [0.717, 1.165) is 18.4 Å². The van der Waals surface area contributed by atoms with Crippen LogP contribution in [0, 0.1) is 0 Å². The summed E-state index contributed by atoms with van der Waals surface area (Å²) in [5, 5.41) is 0.609. The molecule has 0 N–H and O–H groups in total. The topological polar surface area (TPSA) is 92.6 Å². The lowest BCUT2D eigenvalue weighted by Gasteiger charge is -2.34. The highest BCUT2D eigenvalue weighted by Gasteiger charge is 2.30. The molecule has 1 aliphatic carbocycles. The third-order valence-corrected chi connectivity index (χ3v) is 8.38. The Kier molecular flexibility index (Phi) is 6.22. The number of fused-ring (bicyclic) bond motifs is 1. The summed E-state index contributed by atoms with van der Waals surface area (Å²) in [6.45, 7) is 1.32. The third kappa shape index (κ3) is 4.76. The molecule has 0 spiro atoms. The molecule has 0 atom stereocenters. The van der Waals surface area contributed by atoms with Gasteiger partial charge in [-0.15, -0.1) is 0 Å². The number of piperazine rings is 1. The molecule has 1 aromatic heterocycles. The zero-order valence-electron chi connectivity index (χ0n) is 19.0. The second kappa shape index (κ2) is 9.31. The Balaban J connectivity index is 1.22. The van der Waals surface area contributed by atoms with Crippen molar-refractivity contribution in [2.24, 2.45) is 0 Å². The largest absolute Gasteiger partial charge is 0.340 e. The average molecular weight is 481 g/mol. The minimum atomic E-state index is -3.43. The second-order valence-electron chi connectivity index (χ2n) is 8.97. The van der Waals surface area contributed by atoms with E-state index >= 15 is 0 Å². The van der Waals surface area contributed by atoms with Crippen LogP contribution in [0.3, 0.4) is 0 Å². The van der Waals surface area contributed by atoms with Crippen molar-refractivity contribution in [3.8, 4) is 0 Å². The smallest absolute Gasteiger partial charge is 0.261 e. The van der Waals surface area contributed by atoms with Crippen LogP contribution < -0.4 is 5.56 Å². The first kappa shape index (κ1) is 22.7. The van der Waals surface area contributed by atoms with E-state index in [-0.39, 0.29) is 29.7 Å². The molecule has 1 saturated heterocycles. The fourth-order valence-corrected chi connectivity index (χ4v) is 6.06. The number of carbonyl (C=O) groups excluding carboxylic acids is 1. The number of benzene rings is 2. The highest BCUT2D eigenvalue weighted by atomic mass is 32.2. The van der Waals surface area contributed by atoms with Gasteiger partial charge in [0.15, 0.2) is 0 Å². The van der Waals surface area contributed by atoms with Gasteiger partial charge in [-0.2, -0.15) is 4.31 Å².